The van der Waals surface area contributed by atoms with Gasteiger partial charge in [0, 0.05) is 31.2 Å². The fraction of sp³-hybridized carbons (Fsp3) is 0.619. The van der Waals surface area contributed by atoms with Gasteiger partial charge in [-0.05, 0) is 43.9 Å². The zero-order valence-electron chi connectivity index (χ0n) is 16.7. The molecule has 2 fully saturated rings. The summed E-state index contributed by atoms with van der Waals surface area (Å²) >= 11 is 0. The second-order valence-corrected chi connectivity index (χ2v) is 7.58. The van der Waals surface area contributed by atoms with E-state index < -0.39 is 0 Å². The fourth-order valence-corrected chi connectivity index (χ4v) is 3.88. The Bertz CT molecular complexity index is 662. The molecule has 1 heterocycles. The summed E-state index contributed by atoms with van der Waals surface area (Å²) in [5.41, 5.74) is 1.91. The van der Waals surface area contributed by atoms with Crippen LogP contribution >= 0.6 is 24.0 Å². The summed E-state index contributed by atoms with van der Waals surface area (Å²) in [6.45, 7) is 4.84. The van der Waals surface area contributed by atoms with Crippen LogP contribution in [0.1, 0.15) is 51.0 Å². The summed E-state index contributed by atoms with van der Waals surface area (Å²) < 4.78 is 0. The van der Waals surface area contributed by atoms with E-state index in [1.54, 1.807) is 0 Å². The van der Waals surface area contributed by atoms with Gasteiger partial charge in [0.15, 0.2) is 5.96 Å². The number of benzene rings is 1. The molecule has 0 spiro atoms. The van der Waals surface area contributed by atoms with Gasteiger partial charge < -0.3 is 20.6 Å². The zero-order valence-corrected chi connectivity index (χ0v) is 19.0. The van der Waals surface area contributed by atoms with Crippen molar-refractivity contribution in [3.8, 4) is 0 Å². The molecule has 0 unspecified atom stereocenters. The van der Waals surface area contributed by atoms with E-state index in [0.29, 0.717) is 13.1 Å². The number of aliphatic imine (C=N–C) groups is 1. The van der Waals surface area contributed by atoms with Gasteiger partial charge in [-0.3, -0.25) is 4.79 Å². The van der Waals surface area contributed by atoms with Crippen molar-refractivity contribution in [2.45, 2.75) is 58.1 Å². The molecule has 0 aromatic heterocycles. The SMILES string of the molecule is CCNC(=NCc1cccc(NC(=O)C2CCCCC2)c1)N1CC[C@@H](O)C1.I. The van der Waals surface area contributed by atoms with Crippen molar-refractivity contribution in [1.29, 1.82) is 0 Å². The van der Waals surface area contributed by atoms with E-state index in [-0.39, 0.29) is 41.9 Å². The summed E-state index contributed by atoms with van der Waals surface area (Å²) in [6.07, 6.45) is 6.09. The summed E-state index contributed by atoms with van der Waals surface area (Å²) in [5.74, 6) is 1.14. The predicted molar refractivity (Wildman–Crippen MR) is 124 cm³/mol. The fourth-order valence-electron chi connectivity index (χ4n) is 3.88. The zero-order chi connectivity index (χ0) is 19.1. The minimum atomic E-state index is -0.271. The highest BCUT2D eigenvalue weighted by Crippen LogP contribution is 2.25. The third-order valence-corrected chi connectivity index (χ3v) is 5.38. The van der Waals surface area contributed by atoms with Gasteiger partial charge in [-0.25, -0.2) is 4.99 Å². The van der Waals surface area contributed by atoms with Crippen LogP contribution in [0.25, 0.3) is 0 Å². The van der Waals surface area contributed by atoms with Gasteiger partial charge in [-0.2, -0.15) is 0 Å². The monoisotopic (exact) mass is 500 g/mol. The molecule has 28 heavy (non-hydrogen) atoms. The van der Waals surface area contributed by atoms with Crippen LogP contribution in [0, 0.1) is 5.92 Å². The van der Waals surface area contributed by atoms with Gasteiger partial charge >= 0.3 is 0 Å². The van der Waals surface area contributed by atoms with Crippen LogP contribution in [0.5, 0.6) is 0 Å². The van der Waals surface area contributed by atoms with Crippen molar-refractivity contribution in [2.24, 2.45) is 10.9 Å². The second kappa shape index (κ2) is 11.6. The molecular weight excluding hydrogens is 467 g/mol. The topological polar surface area (TPSA) is 77.0 Å². The molecule has 3 N–H and O–H groups in total. The highest BCUT2D eigenvalue weighted by molar-refractivity contribution is 14.0. The Morgan fingerprint density at radius 1 is 1.25 bits per heavy atom. The quantitative estimate of drug-likeness (QED) is 0.329. The lowest BCUT2D eigenvalue weighted by atomic mass is 9.88. The van der Waals surface area contributed by atoms with E-state index in [1.807, 2.05) is 31.2 Å². The number of aliphatic hydroxyl groups is 1. The van der Waals surface area contributed by atoms with Crippen molar-refractivity contribution in [3.63, 3.8) is 0 Å². The Morgan fingerprint density at radius 2 is 2.04 bits per heavy atom. The first-order chi connectivity index (χ1) is 13.2. The minimum absolute atomic E-state index is 0. The molecule has 0 bridgehead atoms. The molecule has 1 saturated heterocycles. The van der Waals surface area contributed by atoms with Crippen LogP contribution in [0.15, 0.2) is 29.3 Å². The van der Waals surface area contributed by atoms with Crippen LogP contribution in [0.2, 0.25) is 0 Å². The van der Waals surface area contributed by atoms with Gasteiger partial charge in [-0.15, -0.1) is 24.0 Å². The number of aliphatic hydroxyl groups excluding tert-OH is 1. The number of carbonyl (C=O) groups excluding carboxylic acids is 1. The summed E-state index contributed by atoms with van der Waals surface area (Å²) in [7, 11) is 0. The number of hydrogen-bond donors (Lipinski definition) is 3. The number of rotatable bonds is 5. The average molecular weight is 500 g/mol. The molecule has 0 radical (unpaired) electrons. The number of guanidine groups is 1. The van der Waals surface area contributed by atoms with Crippen molar-refractivity contribution in [3.05, 3.63) is 29.8 Å². The first-order valence-electron chi connectivity index (χ1n) is 10.3. The first kappa shape index (κ1) is 22.9. The second-order valence-electron chi connectivity index (χ2n) is 7.58. The van der Waals surface area contributed by atoms with Gasteiger partial charge in [0.05, 0.1) is 12.6 Å². The van der Waals surface area contributed by atoms with Crippen LogP contribution in [0.4, 0.5) is 5.69 Å². The van der Waals surface area contributed by atoms with Crippen molar-refractivity contribution < 1.29 is 9.90 Å². The lowest BCUT2D eigenvalue weighted by Crippen LogP contribution is -2.40. The Balaban J connectivity index is 0.00000280. The molecular formula is C21H33IN4O2. The molecule has 2 aliphatic rings. The molecule has 3 rings (SSSR count). The highest BCUT2D eigenvalue weighted by Gasteiger charge is 2.23. The number of anilines is 1. The Hall–Kier alpha value is -1.35. The van der Waals surface area contributed by atoms with E-state index in [9.17, 15) is 9.90 Å². The molecule has 1 amide bonds. The van der Waals surface area contributed by atoms with Gasteiger partial charge in [-0.1, -0.05) is 31.4 Å². The molecule has 1 aromatic rings. The van der Waals surface area contributed by atoms with Crippen LogP contribution < -0.4 is 10.6 Å². The standard InChI is InChI=1S/C21H32N4O2.HI/c1-2-22-21(25-12-11-19(26)15-25)23-14-16-7-6-10-18(13-16)24-20(27)17-8-4-3-5-9-17;/h6-7,10,13,17,19,26H,2-5,8-9,11-12,14-15H2,1H3,(H,22,23)(H,24,27);1H/t19-;/m1./s1. The van der Waals surface area contributed by atoms with Gasteiger partial charge in [0.1, 0.15) is 0 Å². The van der Waals surface area contributed by atoms with Gasteiger partial charge in [0.25, 0.3) is 0 Å². The Morgan fingerprint density at radius 3 is 2.71 bits per heavy atom. The number of nitrogens with one attached hydrogen (secondary N) is 2. The molecule has 6 nitrogen and oxygen atoms in total. The average Bonchev–Trinajstić information content (AvgIpc) is 3.12. The number of amides is 1. The van der Waals surface area contributed by atoms with Crippen molar-refractivity contribution in [2.75, 3.05) is 25.0 Å². The lowest BCUT2D eigenvalue weighted by molar-refractivity contribution is -0.120. The molecule has 156 valence electrons. The Kier molecular flexibility index (Phi) is 9.50. The third-order valence-electron chi connectivity index (χ3n) is 5.38. The Labute approximate surface area is 185 Å². The molecule has 1 aliphatic carbocycles. The number of β-amino-alcohol motifs (C(OH)–C–C–N with tert-alkyl or cyclic N) is 1. The number of hydrogen-bond acceptors (Lipinski definition) is 3. The molecule has 1 aromatic carbocycles. The van der Waals surface area contributed by atoms with Crippen molar-refractivity contribution in [1.82, 2.24) is 10.2 Å². The number of carbonyl (C=O) groups is 1. The van der Waals surface area contributed by atoms with Crippen LogP contribution in [-0.2, 0) is 11.3 Å². The molecule has 1 saturated carbocycles. The van der Waals surface area contributed by atoms with E-state index in [4.69, 9.17) is 4.99 Å². The van der Waals surface area contributed by atoms with Crippen LogP contribution in [0.3, 0.4) is 0 Å². The smallest absolute Gasteiger partial charge is 0.227 e. The lowest BCUT2D eigenvalue weighted by Gasteiger charge is -2.21. The maximum absolute atomic E-state index is 12.5. The van der Waals surface area contributed by atoms with Crippen molar-refractivity contribution >= 4 is 41.5 Å². The maximum atomic E-state index is 12.5. The normalized spacial score (nSPS) is 20.6. The van der Waals surface area contributed by atoms with E-state index in [0.717, 1.165) is 62.4 Å². The van der Waals surface area contributed by atoms with E-state index in [1.165, 1.54) is 6.42 Å². The number of likely N-dealkylation sites (tertiary alicyclic amines) is 1. The minimum Gasteiger partial charge on any atom is -0.391 e. The summed E-state index contributed by atoms with van der Waals surface area (Å²) in [5, 5.41) is 16.1. The summed E-state index contributed by atoms with van der Waals surface area (Å²) in [4.78, 5) is 19.3. The third kappa shape index (κ3) is 6.62. The first-order valence-corrected chi connectivity index (χ1v) is 10.3. The number of halogens is 1. The maximum Gasteiger partial charge on any atom is 0.227 e. The number of nitrogens with zero attached hydrogens (tertiary/aromatic N) is 2. The van der Waals surface area contributed by atoms with E-state index in [2.05, 4.69) is 15.5 Å². The highest BCUT2D eigenvalue weighted by atomic mass is 127. The predicted octanol–water partition coefficient (Wildman–Crippen LogP) is 3.36. The molecule has 1 atom stereocenters. The summed E-state index contributed by atoms with van der Waals surface area (Å²) in [6, 6.07) is 7.94. The van der Waals surface area contributed by atoms with E-state index >= 15 is 0 Å². The van der Waals surface area contributed by atoms with Gasteiger partial charge in [0.2, 0.25) is 5.91 Å². The largest absolute Gasteiger partial charge is 0.391 e. The molecule has 7 heteroatoms. The van der Waals surface area contributed by atoms with Crippen LogP contribution in [-0.4, -0.2) is 47.6 Å². The molecule has 1 aliphatic heterocycles.